The van der Waals surface area contributed by atoms with Crippen LogP contribution in [0, 0.1) is 0 Å². The van der Waals surface area contributed by atoms with Gasteiger partial charge in [0.25, 0.3) is 5.91 Å². The molecule has 26 heavy (non-hydrogen) atoms. The van der Waals surface area contributed by atoms with E-state index in [1.807, 2.05) is 71.5 Å². The molecule has 1 aromatic heterocycles. The zero-order valence-electron chi connectivity index (χ0n) is 15.3. The molecule has 0 radical (unpaired) electrons. The van der Waals surface area contributed by atoms with Crippen LogP contribution in [0.3, 0.4) is 0 Å². The quantitative estimate of drug-likeness (QED) is 0.812. The molecule has 1 saturated heterocycles. The van der Waals surface area contributed by atoms with Crippen LogP contribution < -0.4 is 4.90 Å². The van der Waals surface area contributed by atoms with Crippen molar-refractivity contribution >= 4 is 28.8 Å². The van der Waals surface area contributed by atoms with E-state index in [0.29, 0.717) is 19.6 Å². The fourth-order valence-corrected chi connectivity index (χ4v) is 3.94. The Morgan fingerprint density at radius 3 is 2.31 bits per heavy atom. The van der Waals surface area contributed by atoms with Gasteiger partial charge in [-0.05, 0) is 37.4 Å². The van der Waals surface area contributed by atoms with E-state index >= 15 is 0 Å². The molecule has 1 aliphatic heterocycles. The molecule has 2 aromatic rings. The number of rotatable bonds is 5. The topological polar surface area (TPSA) is 43.9 Å². The number of carbonyl (C=O) groups is 2. The van der Waals surface area contributed by atoms with E-state index in [9.17, 15) is 9.59 Å². The first-order valence-corrected chi connectivity index (χ1v) is 9.86. The Balaban J connectivity index is 1.56. The first-order chi connectivity index (χ1) is 12.6. The van der Waals surface area contributed by atoms with E-state index < -0.39 is 0 Å². The summed E-state index contributed by atoms with van der Waals surface area (Å²) in [4.78, 5) is 31.9. The number of benzene rings is 1. The molecule has 0 aliphatic carbocycles. The highest BCUT2D eigenvalue weighted by Gasteiger charge is 2.26. The van der Waals surface area contributed by atoms with Gasteiger partial charge < -0.3 is 9.80 Å². The molecule has 3 rings (SSSR count). The number of para-hydroxylation sites is 1. The first-order valence-electron chi connectivity index (χ1n) is 8.98. The third kappa shape index (κ3) is 4.31. The lowest BCUT2D eigenvalue weighted by Gasteiger charge is -2.36. The largest absolute Gasteiger partial charge is 0.335 e. The minimum atomic E-state index is 0.0964. The average Bonchev–Trinajstić information content (AvgIpc) is 3.17. The van der Waals surface area contributed by atoms with E-state index in [1.54, 1.807) is 0 Å². The van der Waals surface area contributed by atoms with Gasteiger partial charge in [-0.1, -0.05) is 24.3 Å². The monoisotopic (exact) mass is 371 g/mol. The Hall–Kier alpha value is -2.18. The highest BCUT2D eigenvalue weighted by Crippen LogP contribution is 2.18. The van der Waals surface area contributed by atoms with E-state index in [4.69, 9.17) is 0 Å². The summed E-state index contributed by atoms with van der Waals surface area (Å²) >= 11 is 1.48. The highest BCUT2D eigenvalue weighted by molar-refractivity contribution is 7.12. The zero-order valence-corrected chi connectivity index (χ0v) is 16.1. The second kappa shape index (κ2) is 8.47. The zero-order chi connectivity index (χ0) is 18.5. The summed E-state index contributed by atoms with van der Waals surface area (Å²) in [5.41, 5.74) is 0.930. The number of hydrogen-bond acceptors (Lipinski definition) is 4. The van der Waals surface area contributed by atoms with Crippen molar-refractivity contribution in [3.63, 3.8) is 0 Å². The minimum Gasteiger partial charge on any atom is -0.335 e. The van der Waals surface area contributed by atoms with Crippen molar-refractivity contribution in [3.05, 3.63) is 52.7 Å². The maximum absolute atomic E-state index is 12.9. The van der Waals surface area contributed by atoms with Crippen molar-refractivity contribution < 1.29 is 9.59 Å². The Labute approximate surface area is 158 Å². The Morgan fingerprint density at radius 2 is 1.73 bits per heavy atom. The smallest absolute Gasteiger partial charge is 0.264 e. The predicted molar refractivity (Wildman–Crippen MR) is 106 cm³/mol. The summed E-state index contributed by atoms with van der Waals surface area (Å²) in [5.74, 6) is 0.198. The van der Waals surface area contributed by atoms with E-state index in [-0.39, 0.29) is 17.9 Å². The molecule has 0 bridgehead atoms. The van der Waals surface area contributed by atoms with Crippen LogP contribution in [0.1, 0.15) is 23.5 Å². The van der Waals surface area contributed by atoms with E-state index in [2.05, 4.69) is 4.90 Å². The second-order valence-electron chi connectivity index (χ2n) is 6.74. The van der Waals surface area contributed by atoms with Gasteiger partial charge in [0.15, 0.2) is 0 Å². The molecule has 5 nitrogen and oxygen atoms in total. The molecule has 1 fully saturated rings. The lowest BCUT2D eigenvalue weighted by Crippen LogP contribution is -2.52. The van der Waals surface area contributed by atoms with Gasteiger partial charge in [0.2, 0.25) is 5.91 Å². The van der Waals surface area contributed by atoms with Crippen LogP contribution in [0.4, 0.5) is 5.69 Å². The van der Waals surface area contributed by atoms with Crippen LogP contribution in [-0.4, -0.2) is 60.4 Å². The van der Waals surface area contributed by atoms with Gasteiger partial charge in [0, 0.05) is 37.9 Å². The summed E-state index contributed by atoms with van der Waals surface area (Å²) < 4.78 is 0. The van der Waals surface area contributed by atoms with Gasteiger partial charge in [-0.15, -0.1) is 11.3 Å². The minimum absolute atomic E-state index is 0.0964. The fraction of sp³-hybridized carbons (Fsp3) is 0.400. The molecule has 0 N–H and O–H groups in total. The van der Waals surface area contributed by atoms with Crippen molar-refractivity contribution in [2.24, 2.45) is 0 Å². The Kier molecular flexibility index (Phi) is 6.06. The van der Waals surface area contributed by atoms with Crippen LogP contribution >= 0.6 is 11.3 Å². The number of anilines is 1. The van der Waals surface area contributed by atoms with Crippen LogP contribution in [-0.2, 0) is 4.79 Å². The van der Waals surface area contributed by atoms with Gasteiger partial charge in [0.05, 0.1) is 11.4 Å². The van der Waals surface area contributed by atoms with E-state index in [1.165, 1.54) is 11.3 Å². The van der Waals surface area contributed by atoms with Gasteiger partial charge in [-0.25, -0.2) is 0 Å². The third-order valence-corrected chi connectivity index (χ3v) is 5.43. The standard InChI is InChI=1S/C20H25N3O2S/c1-16(2)23(17-7-4-3-5-8-17)19(24)15-21-10-12-22(13-11-21)20(25)18-9-6-14-26-18/h3-9,14,16H,10-13,15H2,1-2H3. The molecule has 0 saturated carbocycles. The molecular weight excluding hydrogens is 346 g/mol. The maximum atomic E-state index is 12.9. The molecule has 2 amide bonds. The highest BCUT2D eigenvalue weighted by atomic mass is 32.1. The summed E-state index contributed by atoms with van der Waals surface area (Å²) in [6.45, 7) is 7.22. The lowest BCUT2D eigenvalue weighted by atomic mass is 10.2. The van der Waals surface area contributed by atoms with Crippen LogP contribution in [0.5, 0.6) is 0 Å². The summed E-state index contributed by atoms with van der Waals surface area (Å²) in [6.07, 6.45) is 0. The van der Waals surface area contributed by atoms with Crippen molar-refractivity contribution in [2.45, 2.75) is 19.9 Å². The van der Waals surface area contributed by atoms with Crippen molar-refractivity contribution in [3.8, 4) is 0 Å². The summed E-state index contributed by atoms with van der Waals surface area (Å²) in [7, 11) is 0. The number of nitrogens with zero attached hydrogens (tertiary/aromatic N) is 3. The molecule has 138 valence electrons. The number of piperazine rings is 1. The third-order valence-electron chi connectivity index (χ3n) is 4.57. The second-order valence-corrected chi connectivity index (χ2v) is 7.69. The predicted octanol–water partition coefficient (Wildman–Crippen LogP) is 2.95. The molecule has 6 heteroatoms. The number of amides is 2. The van der Waals surface area contributed by atoms with Crippen molar-refractivity contribution in [2.75, 3.05) is 37.6 Å². The van der Waals surface area contributed by atoms with Crippen LogP contribution in [0.25, 0.3) is 0 Å². The fourth-order valence-electron chi connectivity index (χ4n) is 3.25. The summed E-state index contributed by atoms with van der Waals surface area (Å²) in [5, 5.41) is 1.92. The molecule has 0 spiro atoms. The average molecular weight is 372 g/mol. The maximum Gasteiger partial charge on any atom is 0.264 e. The molecule has 0 atom stereocenters. The molecule has 1 aliphatic rings. The van der Waals surface area contributed by atoms with E-state index in [0.717, 1.165) is 23.7 Å². The SMILES string of the molecule is CC(C)N(C(=O)CN1CCN(C(=O)c2cccs2)CC1)c1ccccc1. The number of thiophene rings is 1. The van der Waals surface area contributed by atoms with Gasteiger partial charge in [-0.3, -0.25) is 14.5 Å². The first kappa shape index (κ1) is 18.6. The number of hydrogen-bond donors (Lipinski definition) is 0. The van der Waals surface area contributed by atoms with Crippen LogP contribution in [0.15, 0.2) is 47.8 Å². The normalized spacial score (nSPS) is 15.3. The molecule has 1 aromatic carbocycles. The van der Waals surface area contributed by atoms with Gasteiger partial charge in [-0.2, -0.15) is 0 Å². The summed E-state index contributed by atoms with van der Waals surface area (Å²) in [6, 6.07) is 13.7. The molecular formula is C20H25N3O2S. The Morgan fingerprint density at radius 1 is 1.04 bits per heavy atom. The number of carbonyl (C=O) groups excluding carboxylic acids is 2. The van der Waals surface area contributed by atoms with Crippen molar-refractivity contribution in [1.82, 2.24) is 9.80 Å². The van der Waals surface area contributed by atoms with Gasteiger partial charge in [0.1, 0.15) is 0 Å². The van der Waals surface area contributed by atoms with Crippen molar-refractivity contribution in [1.29, 1.82) is 0 Å². The lowest BCUT2D eigenvalue weighted by molar-refractivity contribution is -0.120. The molecule has 0 unspecified atom stereocenters. The van der Waals surface area contributed by atoms with Gasteiger partial charge >= 0.3 is 0 Å². The molecule has 2 heterocycles. The van der Waals surface area contributed by atoms with Crippen LogP contribution in [0.2, 0.25) is 0 Å². The Bertz CT molecular complexity index is 723.